The van der Waals surface area contributed by atoms with Crippen molar-refractivity contribution in [1.29, 1.82) is 0 Å². The van der Waals surface area contributed by atoms with E-state index in [-0.39, 0.29) is 11.1 Å². The number of piperidine rings is 1. The lowest BCUT2D eigenvalue weighted by Gasteiger charge is -2.55. The van der Waals surface area contributed by atoms with Gasteiger partial charge in [0.05, 0.1) is 5.54 Å². The lowest BCUT2D eigenvalue weighted by molar-refractivity contribution is 0.0806. The zero-order valence-electron chi connectivity index (χ0n) is 21.0. The molecule has 2 N–H and O–H groups in total. The summed E-state index contributed by atoms with van der Waals surface area (Å²) in [6.07, 6.45) is 7.17. The smallest absolute Gasteiger partial charge is 0.248 e. The predicted molar refractivity (Wildman–Crippen MR) is 145 cm³/mol. The molecule has 186 valence electrons. The summed E-state index contributed by atoms with van der Waals surface area (Å²) in [5.74, 6) is 1.17. The zero-order valence-corrected chi connectivity index (χ0v) is 21.0. The second kappa shape index (κ2) is 8.98. The van der Waals surface area contributed by atoms with Crippen molar-refractivity contribution in [3.63, 3.8) is 0 Å². The number of hydrogen-bond donors (Lipinski definition) is 2. The number of piperazine rings is 1. The number of hydrogen-bond acceptors (Lipinski definition) is 4. The predicted octanol–water partition coefficient (Wildman–Crippen LogP) is 4.04. The third-order valence-corrected chi connectivity index (χ3v) is 9.32. The number of allylic oxidation sites excluding steroid dienone is 1. The molecular formula is C31H36N4O. The van der Waals surface area contributed by atoms with Crippen LogP contribution in [0.5, 0.6) is 0 Å². The Kier molecular flexibility index (Phi) is 5.61. The van der Waals surface area contributed by atoms with Gasteiger partial charge in [0.25, 0.3) is 0 Å². The number of H-pyrrole nitrogens is 1. The molecule has 2 bridgehead atoms. The van der Waals surface area contributed by atoms with Gasteiger partial charge in [0.2, 0.25) is 5.56 Å². The van der Waals surface area contributed by atoms with Crippen molar-refractivity contribution < 1.29 is 0 Å². The Morgan fingerprint density at radius 3 is 2.61 bits per heavy atom. The van der Waals surface area contributed by atoms with Gasteiger partial charge in [0.1, 0.15) is 0 Å². The van der Waals surface area contributed by atoms with Gasteiger partial charge < -0.3 is 10.3 Å². The fraction of sp³-hybridized carbons (Fsp3) is 0.452. The van der Waals surface area contributed by atoms with Gasteiger partial charge in [-0.2, -0.15) is 0 Å². The van der Waals surface area contributed by atoms with Crippen LogP contribution >= 0.6 is 0 Å². The second-order valence-electron chi connectivity index (χ2n) is 11.4. The van der Waals surface area contributed by atoms with E-state index < -0.39 is 0 Å². The van der Waals surface area contributed by atoms with Gasteiger partial charge in [0, 0.05) is 51.0 Å². The van der Waals surface area contributed by atoms with E-state index in [1.165, 1.54) is 34.7 Å². The average molecular weight is 481 g/mol. The van der Waals surface area contributed by atoms with Gasteiger partial charge in [-0.3, -0.25) is 14.6 Å². The molecule has 0 radical (unpaired) electrons. The van der Waals surface area contributed by atoms with E-state index in [1.54, 1.807) is 11.6 Å². The van der Waals surface area contributed by atoms with E-state index in [1.807, 2.05) is 0 Å². The number of aromatic nitrogens is 1. The summed E-state index contributed by atoms with van der Waals surface area (Å²) in [5, 5.41) is 6.69. The topological polar surface area (TPSA) is 51.4 Å². The third-order valence-electron chi connectivity index (χ3n) is 9.32. The van der Waals surface area contributed by atoms with Crippen LogP contribution in [0.1, 0.15) is 36.1 Å². The minimum absolute atomic E-state index is 0.000963. The van der Waals surface area contributed by atoms with Gasteiger partial charge in [-0.05, 0) is 72.0 Å². The largest absolute Gasteiger partial charge is 0.326 e. The lowest BCUT2D eigenvalue weighted by Crippen LogP contribution is -2.59. The molecule has 2 aliphatic heterocycles. The second-order valence-corrected chi connectivity index (χ2v) is 11.4. The van der Waals surface area contributed by atoms with Gasteiger partial charge in [-0.1, -0.05) is 54.1 Å². The van der Waals surface area contributed by atoms with Gasteiger partial charge in [-0.25, -0.2) is 0 Å². The van der Waals surface area contributed by atoms with E-state index in [2.05, 4.69) is 74.7 Å². The van der Waals surface area contributed by atoms with Crippen LogP contribution in [0.4, 0.5) is 0 Å². The highest BCUT2D eigenvalue weighted by atomic mass is 16.1. The molecule has 5 nitrogen and oxygen atoms in total. The molecule has 2 fully saturated rings. The fourth-order valence-electron chi connectivity index (χ4n) is 7.72. The first-order chi connectivity index (χ1) is 17.7. The van der Waals surface area contributed by atoms with Crippen LogP contribution in [0.2, 0.25) is 0 Å². The van der Waals surface area contributed by atoms with Crippen LogP contribution in [-0.2, 0) is 18.5 Å². The van der Waals surface area contributed by atoms with Crippen LogP contribution in [0.15, 0.2) is 71.0 Å². The number of fused-ring (bicyclic) bond motifs is 2. The molecule has 0 amide bonds. The summed E-state index contributed by atoms with van der Waals surface area (Å²) in [7, 11) is 0. The Labute approximate surface area is 213 Å². The minimum Gasteiger partial charge on any atom is -0.326 e. The van der Waals surface area contributed by atoms with E-state index >= 15 is 0 Å². The maximum Gasteiger partial charge on any atom is 0.248 e. The molecule has 3 atom stereocenters. The summed E-state index contributed by atoms with van der Waals surface area (Å²) >= 11 is 0. The number of nitrogens with zero attached hydrogens (tertiary/aromatic N) is 2. The van der Waals surface area contributed by atoms with Crippen LogP contribution in [-0.4, -0.2) is 54.1 Å². The molecule has 1 aromatic heterocycles. The summed E-state index contributed by atoms with van der Waals surface area (Å²) in [6.45, 7) is 7.67. The van der Waals surface area contributed by atoms with Crippen molar-refractivity contribution in [2.75, 3.05) is 39.3 Å². The van der Waals surface area contributed by atoms with E-state index in [0.717, 1.165) is 64.3 Å². The quantitative estimate of drug-likeness (QED) is 0.554. The number of nitrogens with one attached hydrogen (secondary N) is 2. The summed E-state index contributed by atoms with van der Waals surface area (Å²) in [5.41, 5.74) is 5.58. The van der Waals surface area contributed by atoms with Crippen LogP contribution in [0.3, 0.4) is 0 Å². The Balaban J connectivity index is 1.05. The van der Waals surface area contributed by atoms with Crippen molar-refractivity contribution in [3.05, 3.63) is 93.4 Å². The monoisotopic (exact) mass is 480 g/mol. The maximum absolute atomic E-state index is 12.1. The number of aromatic amines is 1. The highest BCUT2D eigenvalue weighted by Gasteiger charge is 2.52. The van der Waals surface area contributed by atoms with Crippen molar-refractivity contribution in [2.24, 2.45) is 11.8 Å². The van der Waals surface area contributed by atoms with Gasteiger partial charge in [0.15, 0.2) is 0 Å². The summed E-state index contributed by atoms with van der Waals surface area (Å²) in [6, 6.07) is 19.3. The Hall–Kier alpha value is -2.73. The molecule has 5 heteroatoms. The van der Waals surface area contributed by atoms with Crippen LogP contribution in [0, 0.1) is 11.8 Å². The SMILES string of the molecule is O=c1ccc2c([nH]1)CC1C=C(CN3CCN(Cc4cccc5ccccc45)CC3)CC23NCCCC13. The molecular weight excluding hydrogens is 444 g/mol. The first-order valence-electron chi connectivity index (χ1n) is 13.8. The molecule has 4 aliphatic rings. The molecule has 3 heterocycles. The van der Waals surface area contributed by atoms with E-state index in [0.29, 0.717) is 11.8 Å². The summed E-state index contributed by atoms with van der Waals surface area (Å²) < 4.78 is 0. The van der Waals surface area contributed by atoms with Crippen LogP contribution in [0.25, 0.3) is 10.8 Å². The van der Waals surface area contributed by atoms with E-state index in [4.69, 9.17) is 0 Å². The van der Waals surface area contributed by atoms with Crippen molar-refractivity contribution in [3.8, 4) is 0 Å². The molecule has 2 aliphatic carbocycles. The number of rotatable bonds is 4. The zero-order chi connectivity index (χ0) is 24.1. The first kappa shape index (κ1) is 22.5. The van der Waals surface area contributed by atoms with Gasteiger partial charge >= 0.3 is 0 Å². The van der Waals surface area contributed by atoms with Crippen molar-refractivity contribution in [2.45, 2.75) is 37.8 Å². The number of benzene rings is 2. The molecule has 0 spiro atoms. The Morgan fingerprint density at radius 1 is 0.917 bits per heavy atom. The highest BCUT2D eigenvalue weighted by Crippen LogP contribution is 2.52. The van der Waals surface area contributed by atoms with Crippen molar-refractivity contribution >= 4 is 10.8 Å². The molecule has 7 rings (SSSR count). The fourth-order valence-corrected chi connectivity index (χ4v) is 7.72. The molecule has 0 saturated carbocycles. The molecule has 36 heavy (non-hydrogen) atoms. The standard InChI is InChI=1S/C31H36N4O/c36-30-11-10-28-29(33-30)18-25-17-22(19-31(28)27(25)9-4-12-32-31)20-34-13-15-35(16-14-34)21-24-7-3-6-23-5-1-2-8-26(23)24/h1-3,5-8,10-11,17,25,27,32H,4,9,12-16,18-21H2,(H,33,36). The third kappa shape index (κ3) is 3.85. The Morgan fingerprint density at radius 2 is 1.72 bits per heavy atom. The van der Waals surface area contributed by atoms with Crippen LogP contribution < -0.4 is 10.9 Å². The average Bonchev–Trinajstić information content (AvgIpc) is 2.89. The molecule has 3 unspecified atom stereocenters. The van der Waals surface area contributed by atoms with Crippen molar-refractivity contribution in [1.82, 2.24) is 20.1 Å². The molecule has 2 saturated heterocycles. The Bertz CT molecular complexity index is 1360. The maximum atomic E-state index is 12.1. The van der Waals surface area contributed by atoms with E-state index in [9.17, 15) is 4.79 Å². The summed E-state index contributed by atoms with van der Waals surface area (Å²) in [4.78, 5) is 20.5. The minimum atomic E-state index is 0.000963. The number of pyridine rings is 1. The molecule has 2 aromatic carbocycles. The normalized spacial score (nSPS) is 28.4. The van der Waals surface area contributed by atoms with Gasteiger partial charge in [-0.15, -0.1) is 0 Å². The highest BCUT2D eigenvalue weighted by molar-refractivity contribution is 5.85. The molecule has 3 aromatic rings. The first-order valence-corrected chi connectivity index (χ1v) is 13.8. The lowest BCUT2D eigenvalue weighted by atomic mass is 9.57.